The summed E-state index contributed by atoms with van der Waals surface area (Å²) in [7, 11) is 1.15. The number of methoxy groups -OCH3 is 2. The van der Waals surface area contributed by atoms with Crippen molar-refractivity contribution in [3.8, 4) is 0 Å². The fourth-order valence-corrected chi connectivity index (χ4v) is 16.0. The molecule has 400 valence electrons. The number of hydrogen-bond acceptors (Lipinski definition) is 18. The highest BCUT2D eigenvalue weighted by atomic mass is 32.9. The third-order valence-corrected chi connectivity index (χ3v) is 19.8. The summed E-state index contributed by atoms with van der Waals surface area (Å²) in [6.45, 7) is 26.6. The summed E-state index contributed by atoms with van der Waals surface area (Å²) < 4.78 is 57.4. The molecule has 2 N–H and O–H groups in total. The molecule has 0 spiro atoms. The van der Waals surface area contributed by atoms with Gasteiger partial charge in [-0.15, -0.1) is 0 Å². The molecule has 0 bridgehead atoms. The summed E-state index contributed by atoms with van der Waals surface area (Å²) in [5.74, 6) is -0.512. The van der Waals surface area contributed by atoms with Gasteiger partial charge < -0.3 is 57.4 Å². The highest BCUT2D eigenvalue weighted by Gasteiger charge is 2.52. The van der Waals surface area contributed by atoms with Gasteiger partial charge in [0, 0.05) is 49.2 Å². The molecule has 0 radical (unpaired) electrons. The van der Waals surface area contributed by atoms with Crippen molar-refractivity contribution in [2.45, 2.75) is 108 Å². The van der Waals surface area contributed by atoms with Gasteiger partial charge in [0.15, 0.2) is 29.4 Å². The lowest BCUT2D eigenvalue weighted by Crippen LogP contribution is -2.41. The summed E-state index contributed by atoms with van der Waals surface area (Å²) in [5, 5.41) is 5.08. The Kier molecular flexibility index (Phi) is 20.5. The van der Waals surface area contributed by atoms with Crippen molar-refractivity contribution in [2.24, 2.45) is 0 Å². The predicted octanol–water partition coefficient (Wildman–Crippen LogP) is 8.08. The summed E-state index contributed by atoms with van der Waals surface area (Å²) in [4.78, 5) is 65.0. The average Bonchev–Trinajstić information content (AvgIpc) is 4.10. The lowest BCUT2D eigenvalue weighted by Gasteiger charge is -2.38. The molecule has 0 saturated carbocycles. The third-order valence-electron chi connectivity index (χ3n) is 12.1. The first-order chi connectivity index (χ1) is 36.1. The topological polar surface area (TPSA) is 222 Å². The minimum absolute atomic E-state index is 0.00389. The van der Waals surface area contributed by atoms with E-state index in [9.17, 15) is 14.4 Å². The number of amides is 2. The Morgan fingerprint density at radius 2 is 1.44 bits per heavy atom. The largest absolute Gasteiger partial charge is 0.375 e. The number of carbonyl (C=O) groups excluding carboxylic acids is 2. The smallest absolute Gasteiger partial charge is 0.351 e. The van der Waals surface area contributed by atoms with Crippen molar-refractivity contribution in [2.75, 3.05) is 57.8 Å². The van der Waals surface area contributed by atoms with Crippen molar-refractivity contribution in [1.82, 2.24) is 33.7 Å². The van der Waals surface area contributed by atoms with E-state index in [-0.39, 0.29) is 62.5 Å². The maximum absolute atomic E-state index is 14.1. The molecular weight excluding hydrogens is 1040 g/mol. The van der Waals surface area contributed by atoms with Gasteiger partial charge in [0.1, 0.15) is 49.8 Å². The molecule has 2 amide bonds. The van der Waals surface area contributed by atoms with Crippen LogP contribution in [0.2, 0.25) is 0 Å². The van der Waals surface area contributed by atoms with Crippen LogP contribution >= 0.6 is 25.6 Å². The number of ether oxygens (including phenoxy) is 4. The van der Waals surface area contributed by atoms with Crippen LogP contribution in [0.1, 0.15) is 79.8 Å². The first-order valence-corrected chi connectivity index (χ1v) is 29.4. The number of imidazole rings is 1. The molecule has 2 aromatic carbocycles. The lowest BCUT2D eigenvalue weighted by molar-refractivity contribution is -0.0602. The number of hydrogen-bond donors (Lipinski definition) is 2. The molecule has 0 aliphatic carbocycles. The van der Waals surface area contributed by atoms with E-state index in [1.54, 1.807) is 79.5 Å². The summed E-state index contributed by atoms with van der Waals surface area (Å²) in [6, 6.07) is 17.2. The predicted molar refractivity (Wildman–Crippen MR) is 287 cm³/mol. The molecule has 5 heterocycles. The lowest BCUT2D eigenvalue weighted by atomic mass is 10.1. The van der Waals surface area contributed by atoms with Crippen LogP contribution in [0, 0.1) is 20.1 Å². The van der Waals surface area contributed by atoms with E-state index in [0.29, 0.717) is 34.3 Å². The zero-order valence-corrected chi connectivity index (χ0v) is 46.2. The molecule has 7 rings (SSSR count). The zero-order valence-electron chi connectivity index (χ0n) is 42.7. The molecule has 26 heteroatoms. The van der Waals surface area contributed by atoms with Crippen LogP contribution in [0.3, 0.4) is 0 Å². The average molecular weight is 1110 g/mol. The molecular formula is C49H61N11O11P2S2. The second kappa shape index (κ2) is 26.8. The molecule has 2 fully saturated rings. The van der Waals surface area contributed by atoms with Crippen LogP contribution in [0.5, 0.6) is 0 Å². The standard InChI is InChI=1S/C49H61N11O11P2S2/c1-11-35-41(40(65-10)48(69-35)59-29-54-37-43(52-28-53-44(37)59)56-46(62)34-20-16-13-17-21-34)75-73(74,67-25-23-51-8)68-27-36-38(71-72(66-24-22-50-7)60(30(2)3)31(4)5)39(64-9)47(70-36)58-26-32(6)42(57-49(58)63)55-45(61)33-18-14-12-15-19-33/h12-21,26,28-31,35-36,38-41,47-48H,11,22-25,27H2,1-6,9-10H3,(H,52,53,56,62)(H,55,57,61,63)/t35-,36-,38-,39-,40-,41-,47-,48-,72?,73?/m1/s1. The van der Waals surface area contributed by atoms with Gasteiger partial charge in [-0.05, 0) is 77.1 Å². The number of rotatable bonds is 25. The normalized spacial score (nSPS) is 22.8. The van der Waals surface area contributed by atoms with Crippen LogP contribution in [0.15, 0.2) is 84.3 Å². The fourth-order valence-electron chi connectivity index (χ4n) is 8.63. The first-order valence-electron chi connectivity index (χ1n) is 24.1. The molecule has 3 aromatic heterocycles. The Bertz CT molecular complexity index is 2920. The minimum Gasteiger partial charge on any atom is -0.375 e. The Balaban J connectivity index is 1.19. The van der Waals surface area contributed by atoms with E-state index in [4.69, 9.17) is 62.0 Å². The molecule has 22 nitrogen and oxygen atoms in total. The first kappa shape index (κ1) is 57.6. The van der Waals surface area contributed by atoms with Gasteiger partial charge in [-0.1, -0.05) is 54.7 Å². The van der Waals surface area contributed by atoms with Gasteiger partial charge in [0.25, 0.3) is 20.3 Å². The SMILES string of the molecule is [C-]#[N+]CCOP(O[C@H]1[C@@H](OC)[C@H](n2cc(C)c(NC(=O)c3ccccc3)nc2=O)O[C@@H]1COP(=S)(OCC[N+]#[C-])S[C@H]1[C@@H](OC)[C@H](n2cnc3c(NC(=O)c4ccccc4)ncnc32)O[C@@H]1CC)N(C(C)C)C(C)C. The number of anilines is 2. The van der Waals surface area contributed by atoms with Crippen molar-refractivity contribution < 1.29 is 46.6 Å². The van der Waals surface area contributed by atoms with Gasteiger partial charge in [-0.25, -0.2) is 37.6 Å². The van der Waals surface area contributed by atoms with E-state index in [1.807, 2.05) is 40.7 Å². The van der Waals surface area contributed by atoms with Crippen LogP contribution in [-0.4, -0.2) is 141 Å². The van der Waals surface area contributed by atoms with Crippen molar-refractivity contribution in [3.63, 3.8) is 0 Å². The van der Waals surface area contributed by atoms with Crippen LogP contribution in [0.25, 0.3) is 20.9 Å². The number of carbonyl (C=O) groups is 2. The molecule has 10 atom stereocenters. The van der Waals surface area contributed by atoms with Gasteiger partial charge in [-0.3, -0.25) is 18.7 Å². The van der Waals surface area contributed by atoms with Gasteiger partial charge >= 0.3 is 5.69 Å². The monoisotopic (exact) mass is 1110 g/mol. The molecule has 5 aromatic rings. The quantitative estimate of drug-likeness (QED) is 0.0320. The number of benzene rings is 2. The van der Waals surface area contributed by atoms with E-state index >= 15 is 0 Å². The minimum atomic E-state index is -3.49. The van der Waals surface area contributed by atoms with Gasteiger partial charge in [0.2, 0.25) is 18.8 Å². The van der Waals surface area contributed by atoms with Crippen molar-refractivity contribution in [1.29, 1.82) is 0 Å². The molecule has 2 saturated heterocycles. The van der Waals surface area contributed by atoms with E-state index in [1.165, 1.54) is 35.6 Å². The van der Waals surface area contributed by atoms with Gasteiger partial charge in [0.05, 0.1) is 24.3 Å². The fraction of sp³-hybridized carbons (Fsp3) is 0.490. The molecule has 75 heavy (non-hydrogen) atoms. The van der Waals surface area contributed by atoms with Crippen molar-refractivity contribution in [3.05, 3.63) is 130 Å². The van der Waals surface area contributed by atoms with Gasteiger partial charge in [-0.2, -0.15) is 4.98 Å². The Hall–Kier alpha value is -5.14. The highest BCUT2D eigenvalue weighted by Crippen LogP contribution is 2.66. The highest BCUT2D eigenvalue weighted by molar-refractivity contribution is 8.68. The molecule has 2 aliphatic heterocycles. The maximum Gasteiger partial charge on any atom is 0.351 e. The number of aryl methyl sites for hydroxylation is 1. The number of nitrogens with zero attached hydrogens (tertiary/aromatic N) is 9. The van der Waals surface area contributed by atoms with E-state index in [0.717, 1.165) is 0 Å². The van der Waals surface area contributed by atoms with Crippen LogP contribution in [-0.2, 0) is 48.8 Å². The van der Waals surface area contributed by atoms with Crippen LogP contribution in [0.4, 0.5) is 11.6 Å². The van der Waals surface area contributed by atoms with Crippen molar-refractivity contribution >= 4 is 72.0 Å². The third kappa shape index (κ3) is 13.7. The Labute approximate surface area is 446 Å². The molecule has 2 unspecified atom stereocenters. The summed E-state index contributed by atoms with van der Waals surface area (Å²) in [6.07, 6.45) is -1.04. The maximum atomic E-state index is 14.1. The van der Waals surface area contributed by atoms with E-state index in [2.05, 4.69) is 44.9 Å². The molecule has 2 aliphatic rings. The van der Waals surface area contributed by atoms with Crippen LogP contribution < -0.4 is 16.3 Å². The Morgan fingerprint density at radius 1 is 0.840 bits per heavy atom. The number of fused-ring (bicyclic) bond motifs is 1. The summed E-state index contributed by atoms with van der Waals surface area (Å²) >= 11 is 7.61. The number of aromatic nitrogens is 6. The second-order valence-corrected chi connectivity index (χ2v) is 25.5. The Morgan fingerprint density at radius 3 is 2.04 bits per heavy atom. The zero-order chi connectivity index (χ0) is 53.8. The van der Waals surface area contributed by atoms with E-state index < -0.39 is 74.0 Å². The number of nitrogens with one attached hydrogen (secondary N) is 2. The summed E-state index contributed by atoms with van der Waals surface area (Å²) in [5.41, 5.74) is -2.20. The second-order valence-electron chi connectivity index (χ2n) is 17.7.